The zero-order valence-corrected chi connectivity index (χ0v) is 23.2. The van der Waals surface area contributed by atoms with E-state index in [1.165, 1.54) is 11.8 Å². The number of hydrogen-bond donors (Lipinski definition) is 0. The molecule has 0 unspecified atom stereocenters. The van der Waals surface area contributed by atoms with Gasteiger partial charge in [-0.3, -0.25) is 4.79 Å². The highest BCUT2D eigenvalue weighted by molar-refractivity contribution is 14.1. The fourth-order valence-corrected chi connectivity index (χ4v) is 4.30. The molecule has 0 aliphatic carbocycles. The number of hydrogen-bond acceptors (Lipinski definition) is 7. The number of carbonyl (C=O) groups is 1. The van der Waals surface area contributed by atoms with Crippen LogP contribution in [0.3, 0.4) is 0 Å². The third kappa shape index (κ3) is 5.77. The summed E-state index contributed by atoms with van der Waals surface area (Å²) in [6.07, 6.45) is 0.777. The number of benzene rings is 2. The summed E-state index contributed by atoms with van der Waals surface area (Å²) in [5, 5.41) is 4.94. The SMILES string of the molecule is CCOC(=O)[C@H](C)Oc1c(I)cc(C=Nn2c(C(C)C)nc3ccc(Br)cc3c2=O)cc1OC. The van der Waals surface area contributed by atoms with E-state index in [1.54, 1.807) is 32.2 Å². The number of halogens is 2. The number of nitrogens with zero attached hydrogens (tertiary/aromatic N) is 3. The normalized spacial score (nSPS) is 12.4. The summed E-state index contributed by atoms with van der Waals surface area (Å²) in [6, 6.07) is 8.95. The minimum absolute atomic E-state index is 0.0206. The zero-order chi connectivity index (χ0) is 25.0. The highest BCUT2D eigenvalue weighted by Gasteiger charge is 2.20. The largest absolute Gasteiger partial charge is 0.493 e. The Kier molecular flexibility index (Phi) is 8.69. The molecule has 0 bridgehead atoms. The Bertz CT molecular complexity index is 1310. The van der Waals surface area contributed by atoms with E-state index >= 15 is 0 Å². The molecule has 10 heteroatoms. The van der Waals surface area contributed by atoms with E-state index in [1.807, 2.05) is 32.0 Å². The van der Waals surface area contributed by atoms with Gasteiger partial charge in [0.25, 0.3) is 5.56 Å². The first-order valence-corrected chi connectivity index (χ1v) is 12.5. The molecule has 1 heterocycles. The van der Waals surface area contributed by atoms with Gasteiger partial charge in [-0.2, -0.15) is 9.78 Å². The van der Waals surface area contributed by atoms with Gasteiger partial charge in [0, 0.05) is 10.4 Å². The number of carbonyl (C=O) groups excluding carboxylic acids is 1. The quantitative estimate of drug-likeness (QED) is 0.193. The molecule has 0 aliphatic rings. The van der Waals surface area contributed by atoms with Crippen LogP contribution in [0, 0.1) is 3.57 Å². The summed E-state index contributed by atoms with van der Waals surface area (Å²) in [5.74, 6) is 0.940. The first-order chi connectivity index (χ1) is 16.2. The van der Waals surface area contributed by atoms with Crippen LogP contribution in [-0.4, -0.2) is 41.7 Å². The molecule has 34 heavy (non-hydrogen) atoms. The molecule has 3 rings (SSSR count). The van der Waals surface area contributed by atoms with Gasteiger partial charge in [-0.05, 0) is 72.3 Å². The standard InChI is InChI=1S/C24H25BrIN3O5/c1-6-33-24(31)14(4)34-21-18(26)9-15(10-20(21)32-5)12-27-29-22(13(2)3)28-19-8-7-16(25)11-17(19)23(29)30/h7-14H,6H2,1-5H3/t14-/m0/s1. The molecule has 180 valence electrons. The van der Waals surface area contributed by atoms with Crippen molar-refractivity contribution in [2.75, 3.05) is 13.7 Å². The Morgan fingerprint density at radius 3 is 2.65 bits per heavy atom. The minimum atomic E-state index is -0.794. The van der Waals surface area contributed by atoms with Gasteiger partial charge in [0.05, 0.1) is 34.4 Å². The Morgan fingerprint density at radius 1 is 1.26 bits per heavy atom. The van der Waals surface area contributed by atoms with Gasteiger partial charge in [0.2, 0.25) is 0 Å². The molecule has 1 atom stereocenters. The van der Waals surface area contributed by atoms with Crippen LogP contribution in [-0.2, 0) is 9.53 Å². The van der Waals surface area contributed by atoms with Crippen LogP contribution in [0.5, 0.6) is 11.5 Å². The van der Waals surface area contributed by atoms with Gasteiger partial charge in [0.15, 0.2) is 17.6 Å². The molecule has 8 nitrogen and oxygen atoms in total. The van der Waals surface area contributed by atoms with Gasteiger partial charge in [0.1, 0.15) is 5.82 Å². The number of ether oxygens (including phenoxy) is 3. The van der Waals surface area contributed by atoms with Crippen LogP contribution in [0.25, 0.3) is 10.9 Å². The maximum Gasteiger partial charge on any atom is 0.347 e. The van der Waals surface area contributed by atoms with Crippen LogP contribution < -0.4 is 15.0 Å². The van der Waals surface area contributed by atoms with Crippen molar-refractivity contribution in [3.05, 3.63) is 60.1 Å². The predicted octanol–water partition coefficient (Wildman–Crippen LogP) is 5.11. The van der Waals surface area contributed by atoms with Crippen molar-refractivity contribution >= 4 is 61.6 Å². The van der Waals surface area contributed by atoms with Crippen molar-refractivity contribution in [3.8, 4) is 11.5 Å². The molecular formula is C24H25BrIN3O5. The highest BCUT2D eigenvalue weighted by Crippen LogP contribution is 2.34. The Hall–Kier alpha value is -2.47. The number of esters is 1. The molecule has 0 N–H and O–H groups in total. The van der Waals surface area contributed by atoms with Crippen molar-refractivity contribution in [2.45, 2.75) is 39.7 Å². The summed E-state index contributed by atoms with van der Waals surface area (Å²) in [4.78, 5) is 29.8. The Morgan fingerprint density at radius 2 is 2.00 bits per heavy atom. The van der Waals surface area contributed by atoms with Gasteiger partial charge in [-0.25, -0.2) is 9.78 Å². The maximum atomic E-state index is 13.2. The summed E-state index contributed by atoms with van der Waals surface area (Å²) < 4.78 is 19.1. The van der Waals surface area contributed by atoms with E-state index in [0.717, 1.165) is 4.47 Å². The molecule has 0 saturated heterocycles. The van der Waals surface area contributed by atoms with Crippen molar-refractivity contribution < 1.29 is 19.0 Å². The van der Waals surface area contributed by atoms with E-state index in [-0.39, 0.29) is 18.1 Å². The fourth-order valence-electron chi connectivity index (χ4n) is 3.19. The number of rotatable bonds is 8. The summed E-state index contributed by atoms with van der Waals surface area (Å²) in [5.41, 5.74) is 1.06. The summed E-state index contributed by atoms with van der Waals surface area (Å²) in [6.45, 7) is 7.55. The number of aromatic nitrogens is 2. The van der Waals surface area contributed by atoms with Crippen LogP contribution in [0.15, 0.2) is 44.7 Å². The van der Waals surface area contributed by atoms with E-state index < -0.39 is 12.1 Å². The molecule has 3 aromatic rings. The smallest absolute Gasteiger partial charge is 0.347 e. The van der Waals surface area contributed by atoms with E-state index in [4.69, 9.17) is 14.2 Å². The van der Waals surface area contributed by atoms with E-state index in [9.17, 15) is 9.59 Å². The average molecular weight is 642 g/mol. The predicted molar refractivity (Wildman–Crippen MR) is 143 cm³/mol. The second-order valence-electron chi connectivity index (χ2n) is 7.69. The molecule has 1 aromatic heterocycles. The monoisotopic (exact) mass is 641 g/mol. The third-order valence-electron chi connectivity index (χ3n) is 4.84. The highest BCUT2D eigenvalue weighted by atomic mass is 127. The lowest BCUT2D eigenvalue weighted by atomic mass is 10.2. The molecule has 0 saturated carbocycles. The molecule has 0 spiro atoms. The first kappa shape index (κ1) is 26.1. The molecule has 0 aliphatic heterocycles. The fraction of sp³-hybridized carbons (Fsp3) is 0.333. The van der Waals surface area contributed by atoms with E-state index in [0.29, 0.717) is 37.4 Å². The van der Waals surface area contributed by atoms with Gasteiger partial charge >= 0.3 is 5.97 Å². The lowest BCUT2D eigenvalue weighted by Gasteiger charge is -2.17. The van der Waals surface area contributed by atoms with Crippen molar-refractivity contribution in [1.82, 2.24) is 9.66 Å². The zero-order valence-electron chi connectivity index (χ0n) is 19.5. The molecule has 2 aromatic carbocycles. The van der Waals surface area contributed by atoms with Gasteiger partial charge in [-0.15, -0.1) is 0 Å². The minimum Gasteiger partial charge on any atom is -0.493 e. The summed E-state index contributed by atoms with van der Waals surface area (Å²) >= 11 is 5.51. The lowest BCUT2D eigenvalue weighted by Crippen LogP contribution is -2.26. The van der Waals surface area contributed by atoms with Crippen molar-refractivity contribution in [3.63, 3.8) is 0 Å². The Labute approximate surface area is 219 Å². The van der Waals surface area contributed by atoms with E-state index in [2.05, 4.69) is 48.6 Å². The maximum absolute atomic E-state index is 13.2. The average Bonchev–Trinajstić information content (AvgIpc) is 2.79. The Balaban J connectivity index is 2.02. The third-order valence-corrected chi connectivity index (χ3v) is 6.13. The van der Waals surface area contributed by atoms with Gasteiger partial charge in [-0.1, -0.05) is 29.8 Å². The summed E-state index contributed by atoms with van der Waals surface area (Å²) in [7, 11) is 1.51. The molecular weight excluding hydrogens is 617 g/mol. The second-order valence-corrected chi connectivity index (χ2v) is 9.77. The number of methoxy groups -OCH3 is 1. The first-order valence-electron chi connectivity index (χ1n) is 10.6. The molecule has 0 amide bonds. The van der Waals surface area contributed by atoms with Crippen molar-refractivity contribution in [1.29, 1.82) is 0 Å². The lowest BCUT2D eigenvalue weighted by molar-refractivity contribution is -0.150. The van der Waals surface area contributed by atoms with Gasteiger partial charge < -0.3 is 14.2 Å². The number of fused-ring (bicyclic) bond motifs is 1. The second kappa shape index (κ2) is 11.3. The van der Waals surface area contributed by atoms with Crippen LogP contribution >= 0.6 is 38.5 Å². The van der Waals surface area contributed by atoms with Crippen LogP contribution in [0.4, 0.5) is 0 Å². The van der Waals surface area contributed by atoms with Crippen molar-refractivity contribution in [2.24, 2.45) is 5.10 Å². The molecule has 0 fully saturated rings. The van der Waals surface area contributed by atoms with Crippen LogP contribution in [0.2, 0.25) is 0 Å². The topological polar surface area (TPSA) is 92.0 Å². The molecule has 0 radical (unpaired) electrons. The van der Waals surface area contributed by atoms with Crippen LogP contribution in [0.1, 0.15) is 45.0 Å².